The Morgan fingerprint density at radius 1 is 1.14 bits per heavy atom. The highest BCUT2D eigenvalue weighted by atomic mass is 16.3. The second-order valence-electron chi connectivity index (χ2n) is 6.89. The van der Waals surface area contributed by atoms with E-state index < -0.39 is 11.7 Å². The molecule has 0 saturated heterocycles. The van der Waals surface area contributed by atoms with Gasteiger partial charge in [-0.05, 0) is 31.2 Å². The maximum absolute atomic E-state index is 11.9. The summed E-state index contributed by atoms with van der Waals surface area (Å²) in [5.41, 5.74) is -0.550. The Labute approximate surface area is 132 Å². The molecule has 0 aliphatic carbocycles. The van der Waals surface area contributed by atoms with Crippen LogP contribution in [0.4, 0.5) is 4.79 Å². The summed E-state index contributed by atoms with van der Waals surface area (Å²) in [7, 11) is 0. The van der Waals surface area contributed by atoms with Crippen LogP contribution in [0.2, 0.25) is 0 Å². The van der Waals surface area contributed by atoms with Crippen molar-refractivity contribution in [3.63, 3.8) is 0 Å². The molecule has 0 aromatic heterocycles. The van der Waals surface area contributed by atoms with E-state index >= 15 is 0 Å². The zero-order valence-corrected chi connectivity index (χ0v) is 13.9. The summed E-state index contributed by atoms with van der Waals surface area (Å²) in [6.45, 7) is 7.95. The van der Waals surface area contributed by atoms with Gasteiger partial charge in [0, 0.05) is 6.54 Å². The van der Waals surface area contributed by atoms with Crippen molar-refractivity contribution in [3.05, 3.63) is 35.9 Å². The van der Waals surface area contributed by atoms with Crippen molar-refractivity contribution in [2.45, 2.75) is 45.8 Å². The largest absolute Gasteiger partial charge is 0.393 e. The van der Waals surface area contributed by atoms with Gasteiger partial charge in [-0.1, -0.05) is 44.2 Å². The van der Waals surface area contributed by atoms with Crippen LogP contribution in [0.15, 0.2) is 30.3 Å². The molecule has 0 heterocycles. The Kier molecular flexibility index (Phi) is 6.38. The topological polar surface area (TPSA) is 81.6 Å². The summed E-state index contributed by atoms with van der Waals surface area (Å²) < 4.78 is 0. The fourth-order valence-electron chi connectivity index (χ4n) is 2.41. The molecule has 0 aliphatic rings. The summed E-state index contributed by atoms with van der Waals surface area (Å²) in [5, 5.41) is 25.3. The van der Waals surface area contributed by atoms with E-state index in [1.807, 2.05) is 44.2 Å². The minimum Gasteiger partial charge on any atom is -0.393 e. The SMILES string of the molecule is CC(O)CC(C)(C)CNC(=O)NCC(C)(O)c1ccccc1. The Morgan fingerprint density at radius 3 is 2.23 bits per heavy atom. The van der Waals surface area contributed by atoms with Crippen LogP contribution in [0, 0.1) is 5.41 Å². The Bertz CT molecular complexity index is 470. The monoisotopic (exact) mass is 308 g/mol. The third kappa shape index (κ3) is 6.45. The van der Waals surface area contributed by atoms with Crippen molar-refractivity contribution in [3.8, 4) is 0 Å². The second-order valence-corrected chi connectivity index (χ2v) is 6.89. The van der Waals surface area contributed by atoms with Crippen LogP contribution < -0.4 is 10.6 Å². The van der Waals surface area contributed by atoms with E-state index in [-0.39, 0.29) is 18.0 Å². The van der Waals surface area contributed by atoms with Gasteiger partial charge in [0.15, 0.2) is 0 Å². The summed E-state index contributed by atoms with van der Waals surface area (Å²) >= 11 is 0. The molecule has 2 amide bonds. The molecule has 4 N–H and O–H groups in total. The third-order valence-corrected chi connectivity index (χ3v) is 3.56. The van der Waals surface area contributed by atoms with E-state index in [0.29, 0.717) is 13.0 Å². The number of nitrogens with one attached hydrogen (secondary N) is 2. The van der Waals surface area contributed by atoms with Gasteiger partial charge in [0.2, 0.25) is 0 Å². The number of rotatable bonds is 7. The number of urea groups is 1. The Hall–Kier alpha value is -1.59. The van der Waals surface area contributed by atoms with Crippen LogP contribution >= 0.6 is 0 Å². The van der Waals surface area contributed by atoms with Crippen molar-refractivity contribution >= 4 is 6.03 Å². The number of carbonyl (C=O) groups is 1. The molecule has 124 valence electrons. The number of carbonyl (C=O) groups excluding carboxylic acids is 1. The van der Waals surface area contributed by atoms with Crippen LogP contribution in [-0.4, -0.2) is 35.4 Å². The average molecular weight is 308 g/mol. The van der Waals surface area contributed by atoms with E-state index in [9.17, 15) is 15.0 Å². The lowest BCUT2D eigenvalue weighted by atomic mass is 9.87. The van der Waals surface area contributed by atoms with Crippen molar-refractivity contribution in [1.82, 2.24) is 10.6 Å². The molecule has 0 fully saturated rings. The van der Waals surface area contributed by atoms with Crippen molar-refractivity contribution in [2.75, 3.05) is 13.1 Å². The molecule has 22 heavy (non-hydrogen) atoms. The number of aliphatic hydroxyl groups is 2. The van der Waals surface area contributed by atoms with E-state index in [2.05, 4.69) is 10.6 Å². The van der Waals surface area contributed by atoms with Crippen molar-refractivity contribution in [1.29, 1.82) is 0 Å². The maximum Gasteiger partial charge on any atom is 0.314 e. The first kappa shape index (κ1) is 18.5. The van der Waals surface area contributed by atoms with Crippen LogP contribution in [0.3, 0.4) is 0 Å². The minimum absolute atomic E-state index is 0.125. The zero-order valence-electron chi connectivity index (χ0n) is 13.9. The van der Waals surface area contributed by atoms with Crippen LogP contribution in [0.25, 0.3) is 0 Å². The number of amides is 2. The van der Waals surface area contributed by atoms with E-state index in [0.717, 1.165) is 5.56 Å². The zero-order chi connectivity index (χ0) is 16.8. The van der Waals surface area contributed by atoms with Gasteiger partial charge in [0.05, 0.1) is 12.6 Å². The lowest BCUT2D eigenvalue weighted by molar-refractivity contribution is 0.0592. The van der Waals surface area contributed by atoms with Gasteiger partial charge in [-0.3, -0.25) is 0 Å². The van der Waals surface area contributed by atoms with E-state index in [4.69, 9.17) is 0 Å². The average Bonchev–Trinajstić information content (AvgIpc) is 2.43. The molecule has 0 radical (unpaired) electrons. The first-order valence-corrected chi connectivity index (χ1v) is 7.60. The molecular formula is C17H28N2O3. The standard InChI is InChI=1S/C17H28N2O3/c1-13(20)10-16(2,3)11-18-15(21)19-12-17(4,22)14-8-6-5-7-9-14/h5-9,13,20,22H,10-12H2,1-4H3,(H2,18,19,21). The molecule has 5 nitrogen and oxygen atoms in total. The molecule has 2 atom stereocenters. The smallest absolute Gasteiger partial charge is 0.314 e. The molecule has 1 aromatic rings. The lowest BCUT2D eigenvalue weighted by Crippen LogP contribution is -2.46. The highest BCUT2D eigenvalue weighted by Crippen LogP contribution is 2.21. The van der Waals surface area contributed by atoms with Gasteiger partial charge < -0.3 is 20.8 Å². The molecule has 0 aliphatic heterocycles. The molecule has 2 unspecified atom stereocenters. The number of aliphatic hydroxyl groups excluding tert-OH is 1. The van der Waals surface area contributed by atoms with Gasteiger partial charge in [-0.15, -0.1) is 0 Å². The fourth-order valence-corrected chi connectivity index (χ4v) is 2.41. The van der Waals surface area contributed by atoms with Crippen LogP contribution in [0.1, 0.15) is 39.7 Å². The number of benzene rings is 1. The van der Waals surface area contributed by atoms with Crippen LogP contribution in [-0.2, 0) is 5.60 Å². The molecule has 1 rings (SSSR count). The second kappa shape index (κ2) is 7.61. The predicted octanol–water partition coefficient (Wildman–Crippen LogP) is 1.99. The third-order valence-electron chi connectivity index (χ3n) is 3.56. The molecule has 0 spiro atoms. The first-order valence-electron chi connectivity index (χ1n) is 7.60. The van der Waals surface area contributed by atoms with E-state index in [1.54, 1.807) is 13.8 Å². The molecular weight excluding hydrogens is 280 g/mol. The first-order chi connectivity index (χ1) is 10.1. The van der Waals surface area contributed by atoms with Crippen molar-refractivity contribution < 1.29 is 15.0 Å². The quantitative estimate of drug-likeness (QED) is 0.622. The predicted molar refractivity (Wildman–Crippen MR) is 87.5 cm³/mol. The maximum atomic E-state index is 11.9. The Balaban J connectivity index is 2.43. The fraction of sp³-hybridized carbons (Fsp3) is 0.588. The van der Waals surface area contributed by atoms with Gasteiger partial charge >= 0.3 is 6.03 Å². The van der Waals surface area contributed by atoms with Gasteiger partial charge in [0.25, 0.3) is 0 Å². The molecule has 1 aromatic carbocycles. The number of hydrogen-bond donors (Lipinski definition) is 4. The highest BCUT2D eigenvalue weighted by molar-refractivity contribution is 5.73. The summed E-state index contributed by atoms with van der Waals surface area (Å²) in [5.74, 6) is 0. The lowest BCUT2D eigenvalue weighted by Gasteiger charge is -2.27. The molecule has 0 saturated carbocycles. The molecule has 5 heteroatoms. The minimum atomic E-state index is -1.12. The molecule has 0 bridgehead atoms. The highest BCUT2D eigenvalue weighted by Gasteiger charge is 2.24. The van der Waals surface area contributed by atoms with Crippen molar-refractivity contribution in [2.24, 2.45) is 5.41 Å². The van der Waals surface area contributed by atoms with Gasteiger partial charge in [0.1, 0.15) is 5.60 Å². The van der Waals surface area contributed by atoms with E-state index in [1.165, 1.54) is 0 Å². The number of hydrogen-bond acceptors (Lipinski definition) is 3. The summed E-state index contributed by atoms with van der Waals surface area (Å²) in [6, 6.07) is 8.90. The normalized spacial score (nSPS) is 15.7. The Morgan fingerprint density at radius 2 is 1.68 bits per heavy atom. The summed E-state index contributed by atoms with van der Waals surface area (Å²) in [6.07, 6.45) is 0.202. The van der Waals surface area contributed by atoms with Gasteiger partial charge in [-0.2, -0.15) is 0 Å². The summed E-state index contributed by atoms with van der Waals surface area (Å²) in [4.78, 5) is 11.9. The van der Waals surface area contributed by atoms with Gasteiger partial charge in [-0.25, -0.2) is 4.79 Å². The van der Waals surface area contributed by atoms with Crippen LogP contribution in [0.5, 0.6) is 0 Å².